The molecule has 0 aliphatic carbocycles. The van der Waals surface area contributed by atoms with E-state index < -0.39 is 0 Å². The lowest BCUT2D eigenvalue weighted by molar-refractivity contribution is -0.119. The highest BCUT2D eigenvalue weighted by Crippen LogP contribution is 2.29. The maximum Gasteiger partial charge on any atom is 0.217 e. The molecule has 1 aromatic carbocycles. The highest BCUT2D eigenvalue weighted by molar-refractivity contribution is 7.80. The fourth-order valence-electron chi connectivity index (χ4n) is 2.57. The Morgan fingerprint density at radius 3 is 2.65 bits per heavy atom. The molecule has 1 amide bonds. The van der Waals surface area contributed by atoms with Crippen LogP contribution >= 0.6 is 23.8 Å². The quantitative estimate of drug-likeness (QED) is 0.839. The monoisotopic (exact) mass is 311 g/mol. The van der Waals surface area contributed by atoms with Gasteiger partial charge in [0, 0.05) is 31.7 Å². The van der Waals surface area contributed by atoms with Crippen molar-refractivity contribution in [3.8, 4) is 0 Å². The molecule has 108 valence electrons. The molecule has 1 fully saturated rings. The number of rotatable bonds is 3. The van der Waals surface area contributed by atoms with Crippen LogP contribution < -0.4 is 16.0 Å². The highest BCUT2D eigenvalue weighted by Gasteiger charge is 2.22. The Morgan fingerprint density at radius 1 is 1.45 bits per heavy atom. The smallest absolute Gasteiger partial charge is 0.217 e. The summed E-state index contributed by atoms with van der Waals surface area (Å²) in [5.41, 5.74) is 7.49. The molecule has 1 aliphatic rings. The molecular weight excluding hydrogens is 294 g/mol. The average Bonchev–Trinajstić information content (AvgIpc) is 2.38. The van der Waals surface area contributed by atoms with E-state index in [9.17, 15) is 4.79 Å². The Labute approximate surface area is 129 Å². The summed E-state index contributed by atoms with van der Waals surface area (Å²) in [7, 11) is 0. The number of thiocarbonyl (C=S) groups is 1. The van der Waals surface area contributed by atoms with Crippen molar-refractivity contribution in [3.63, 3.8) is 0 Å². The van der Waals surface area contributed by atoms with Gasteiger partial charge in [0.15, 0.2) is 0 Å². The molecule has 0 aromatic heterocycles. The normalized spacial score (nSPS) is 16.0. The highest BCUT2D eigenvalue weighted by atomic mass is 35.5. The average molecular weight is 312 g/mol. The molecule has 3 N–H and O–H groups in total. The first-order valence-corrected chi connectivity index (χ1v) is 7.38. The van der Waals surface area contributed by atoms with Gasteiger partial charge in [-0.25, -0.2) is 0 Å². The Bertz CT molecular complexity index is 527. The lowest BCUT2D eigenvalue weighted by Crippen LogP contribution is -2.44. The van der Waals surface area contributed by atoms with Crippen LogP contribution in [0, 0.1) is 0 Å². The fraction of sp³-hybridized carbons (Fsp3) is 0.429. The molecular formula is C14H18ClN3OS. The molecule has 0 atom stereocenters. The van der Waals surface area contributed by atoms with Crippen molar-refractivity contribution < 1.29 is 4.79 Å². The topological polar surface area (TPSA) is 58.4 Å². The zero-order valence-corrected chi connectivity index (χ0v) is 12.9. The molecule has 1 aliphatic heterocycles. The van der Waals surface area contributed by atoms with E-state index in [-0.39, 0.29) is 11.9 Å². The van der Waals surface area contributed by atoms with Gasteiger partial charge in [0.1, 0.15) is 4.99 Å². The van der Waals surface area contributed by atoms with Crippen LogP contribution in [0.2, 0.25) is 5.02 Å². The van der Waals surface area contributed by atoms with Gasteiger partial charge in [-0.15, -0.1) is 0 Å². The van der Waals surface area contributed by atoms with Crippen molar-refractivity contribution in [1.82, 2.24) is 5.32 Å². The molecule has 1 heterocycles. The van der Waals surface area contributed by atoms with Gasteiger partial charge < -0.3 is 16.0 Å². The van der Waals surface area contributed by atoms with Crippen molar-refractivity contribution in [2.24, 2.45) is 5.73 Å². The van der Waals surface area contributed by atoms with Crippen LogP contribution in [0.4, 0.5) is 5.69 Å². The van der Waals surface area contributed by atoms with E-state index in [1.54, 1.807) is 13.0 Å². The van der Waals surface area contributed by atoms with E-state index in [4.69, 9.17) is 29.6 Å². The minimum Gasteiger partial charge on any atom is -0.389 e. The van der Waals surface area contributed by atoms with Gasteiger partial charge in [-0.2, -0.15) is 0 Å². The molecule has 0 unspecified atom stereocenters. The predicted octanol–water partition coefficient (Wildman–Crippen LogP) is 2.08. The number of amides is 1. The van der Waals surface area contributed by atoms with Crippen LogP contribution in [0.15, 0.2) is 18.2 Å². The Hall–Kier alpha value is -1.33. The molecule has 0 spiro atoms. The van der Waals surface area contributed by atoms with Crippen LogP contribution in [0.5, 0.6) is 0 Å². The second kappa shape index (κ2) is 6.41. The van der Waals surface area contributed by atoms with Crippen LogP contribution in [0.3, 0.4) is 0 Å². The van der Waals surface area contributed by atoms with Crippen molar-refractivity contribution >= 4 is 40.4 Å². The summed E-state index contributed by atoms with van der Waals surface area (Å²) in [4.78, 5) is 13.6. The molecule has 0 bridgehead atoms. The van der Waals surface area contributed by atoms with E-state index in [1.807, 2.05) is 12.1 Å². The maximum atomic E-state index is 11.1. The van der Waals surface area contributed by atoms with Gasteiger partial charge >= 0.3 is 0 Å². The number of carbonyl (C=O) groups is 1. The van der Waals surface area contributed by atoms with E-state index in [1.165, 1.54) is 0 Å². The van der Waals surface area contributed by atoms with Gasteiger partial charge in [0.25, 0.3) is 0 Å². The van der Waals surface area contributed by atoms with E-state index >= 15 is 0 Å². The van der Waals surface area contributed by atoms with Crippen molar-refractivity contribution in [1.29, 1.82) is 0 Å². The summed E-state index contributed by atoms with van der Waals surface area (Å²) in [5, 5.41) is 3.54. The lowest BCUT2D eigenvalue weighted by Gasteiger charge is -2.35. The van der Waals surface area contributed by atoms with Gasteiger partial charge in [-0.1, -0.05) is 29.9 Å². The Kier molecular flexibility index (Phi) is 4.83. The lowest BCUT2D eigenvalue weighted by atomic mass is 10.0. The fourth-order valence-corrected chi connectivity index (χ4v) is 3.11. The zero-order chi connectivity index (χ0) is 14.7. The third-order valence-electron chi connectivity index (χ3n) is 3.48. The number of nitrogens with one attached hydrogen (secondary N) is 1. The second-order valence-corrected chi connectivity index (χ2v) is 5.81. The van der Waals surface area contributed by atoms with Crippen LogP contribution in [0.25, 0.3) is 0 Å². The molecule has 20 heavy (non-hydrogen) atoms. The first kappa shape index (κ1) is 15.1. The molecule has 4 nitrogen and oxygen atoms in total. The Morgan fingerprint density at radius 2 is 2.10 bits per heavy atom. The number of hydrogen-bond acceptors (Lipinski definition) is 3. The van der Waals surface area contributed by atoms with Crippen molar-refractivity contribution in [3.05, 3.63) is 28.8 Å². The van der Waals surface area contributed by atoms with Crippen LogP contribution in [-0.4, -0.2) is 30.0 Å². The summed E-state index contributed by atoms with van der Waals surface area (Å²) < 4.78 is 0. The summed E-state index contributed by atoms with van der Waals surface area (Å²) in [6.07, 6.45) is 1.81. The second-order valence-electron chi connectivity index (χ2n) is 4.96. The van der Waals surface area contributed by atoms with Gasteiger partial charge in [0.2, 0.25) is 5.91 Å². The molecule has 1 aromatic rings. The van der Waals surface area contributed by atoms with E-state index in [0.29, 0.717) is 10.0 Å². The van der Waals surface area contributed by atoms with Crippen LogP contribution in [0.1, 0.15) is 25.3 Å². The summed E-state index contributed by atoms with van der Waals surface area (Å²) in [6.45, 7) is 3.25. The number of benzene rings is 1. The van der Waals surface area contributed by atoms with E-state index in [2.05, 4.69) is 10.2 Å². The van der Waals surface area contributed by atoms with Crippen molar-refractivity contribution in [2.75, 3.05) is 18.0 Å². The molecule has 0 saturated carbocycles. The minimum atomic E-state index is 0.0232. The van der Waals surface area contributed by atoms with Gasteiger partial charge in [0.05, 0.1) is 10.6 Å². The standard InChI is InChI=1S/C14H18ClN3OS/c1-9(19)17-10-5-7-18(8-6-10)12-4-2-3-11(15)13(12)14(16)20/h2-4,10H,5-8H2,1H3,(H2,16,20)(H,17,19). The summed E-state index contributed by atoms with van der Waals surface area (Å²) in [6, 6.07) is 5.93. The van der Waals surface area contributed by atoms with Crippen molar-refractivity contribution in [2.45, 2.75) is 25.8 Å². The summed E-state index contributed by atoms with van der Waals surface area (Å²) >= 11 is 11.3. The number of nitrogens with two attached hydrogens (primary N) is 1. The molecule has 1 saturated heterocycles. The SMILES string of the molecule is CC(=O)NC1CCN(c2cccc(Cl)c2C(N)=S)CC1. The molecule has 2 rings (SSSR count). The number of hydrogen-bond donors (Lipinski definition) is 2. The number of carbonyl (C=O) groups excluding carboxylic acids is 1. The van der Waals surface area contributed by atoms with Crippen LogP contribution in [-0.2, 0) is 4.79 Å². The first-order chi connectivity index (χ1) is 9.49. The number of halogens is 1. The maximum absolute atomic E-state index is 11.1. The molecule has 0 radical (unpaired) electrons. The summed E-state index contributed by atoms with van der Waals surface area (Å²) in [5.74, 6) is 0.0232. The third-order valence-corrected chi connectivity index (χ3v) is 4.00. The molecule has 6 heteroatoms. The first-order valence-electron chi connectivity index (χ1n) is 6.59. The Balaban J connectivity index is 2.13. The van der Waals surface area contributed by atoms with Gasteiger partial charge in [-0.05, 0) is 25.0 Å². The third kappa shape index (κ3) is 3.41. The predicted molar refractivity (Wildman–Crippen MR) is 86.4 cm³/mol. The minimum absolute atomic E-state index is 0.0232. The van der Waals surface area contributed by atoms with Gasteiger partial charge in [-0.3, -0.25) is 4.79 Å². The number of anilines is 1. The zero-order valence-electron chi connectivity index (χ0n) is 11.4. The number of nitrogens with zero attached hydrogens (tertiary/aromatic N) is 1. The number of piperidine rings is 1. The largest absolute Gasteiger partial charge is 0.389 e. The van der Waals surface area contributed by atoms with E-state index in [0.717, 1.165) is 37.2 Å².